The van der Waals surface area contributed by atoms with Gasteiger partial charge >= 0.3 is 6.18 Å². The van der Waals surface area contributed by atoms with Gasteiger partial charge in [0, 0.05) is 12.6 Å². The molecule has 0 N–H and O–H groups in total. The summed E-state index contributed by atoms with van der Waals surface area (Å²) in [5, 5.41) is 0. The van der Waals surface area contributed by atoms with Gasteiger partial charge in [-0.25, -0.2) is 0 Å². The first-order valence-corrected chi connectivity index (χ1v) is 8.43. The molecular formula is C18H15F3N2O2S. The summed E-state index contributed by atoms with van der Waals surface area (Å²) in [6.07, 6.45) is -4.51. The van der Waals surface area contributed by atoms with E-state index in [4.69, 9.17) is 4.74 Å². The highest BCUT2D eigenvalue weighted by Gasteiger charge is 2.30. The topological polar surface area (TPSA) is 43.6 Å². The fraction of sp³-hybridized carbons (Fsp3) is 0.222. The molecule has 0 atom stereocenters. The van der Waals surface area contributed by atoms with Crippen molar-refractivity contribution in [3.8, 4) is 5.75 Å². The fourth-order valence-corrected chi connectivity index (χ4v) is 3.70. The summed E-state index contributed by atoms with van der Waals surface area (Å²) in [6.45, 7) is 1.93. The van der Waals surface area contributed by atoms with Crippen LogP contribution in [0.4, 0.5) is 13.2 Å². The zero-order valence-electron chi connectivity index (χ0n) is 14.2. The normalized spacial score (nSPS) is 12.6. The summed E-state index contributed by atoms with van der Waals surface area (Å²) < 4.78 is 46.5. The summed E-state index contributed by atoms with van der Waals surface area (Å²) in [4.78, 5) is 16.8. The minimum absolute atomic E-state index is 0.110. The van der Waals surface area contributed by atoms with E-state index in [1.165, 1.54) is 23.5 Å². The number of fused-ring (bicyclic) bond motifs is 1. The van der Waals surface area contributed by atoms with Crippen molar-refractivity contribution in [3.05, 3.63) is 57.9 Å². The average molecular weight is 380 g/mol. The number of methoxy groups -OCH3 is 1. The van der Waals surface area contributed by atoms with Gasteiger partial charge in [0.25, 0.3) is 5.91 Å². The minimum Gasteiger partial charge on any atom is -0.495 e. The third kappa shape index (κ3) is 3.24. The summed E-state index contributed by atoms with van der Waals surface area (Å²) in [7, 11) is 3.28. The van der Waals surface area contributed by atoms with Gasteiger partial charge < -0.3 is 9.30 Å². The maximum Gasteiger partial charge on any atom is 0.416 e. The molecule has 0 aliphatic heterocycles. The Hall–Kier alpha value is -2.61. The smallest absolute Gasteiger partial charge is 0.416 e. The van der Waals surface area contributed by atoms with Gasteiger partial charge in [0.2, 0.25) is 0 Å². The second kappa shape index (κ2) is 6.60. The molecule has 1 heterocycles. The highest BCUT2D eigenvalue weighted by atomic mass is 32.1. The Morgan fingerprint density at radius 1 is 1.23 bits per heavy atom. The van der Waals surface area contributed by atoms with E-state index in [9.17, 15) is 18.0 Å². The van der Waals surface area contributed by atoms with Crippen molar-refractivity contribution in [3.63, 3.8) is 0 Å². The molecule has 0 spiro atoms. The van der Waals surface area contributed by atoms with Crippen LogP contribution in [-0.4, -0.2) is 17.6 Å². The van der Waals surface area contributed by atoms with Crippen LogP contribution in [0, 0.1) is 6.92 Å². The highest BCUT2D eigenvalue weighted by molar-refractivity contribution is 7.16. The summed E-state index contributed by atoms with van der Waals surface area (Å²) in [5.74, 6) is -0.0906. The van der Waals surface area contributed by atoms with Gasteiger partial charge in [-0.2, -0.15) is 18.2 Å². The third-order valence-electron chi connectivity index (χ3n) is 3.96. The van der Waals surface area contributed by atoms with E-state index in [0.29, 0.717) is 10.6 Å². The molecule has 136 valence electrons. The third-order valence-corrected chi connectivity index (χ3v) is 5.23. The molecule has 1 amide bonds. The Morgan fingerprint density at radius 2 is 1.96 bits per heavy atom. The lowest BCUT2D eigenvalue weighted by molar-refractivity contribution is -0.137. The molecule has 0 saturated carbocycles. The van der Waals surface area contributed by atoms with Crippen molar-refractivity contribution in [1.29, 1.82) is 0 Å². The van der Waals surface area contributed by atoms with E-state index in [0.717, 1.165) is 27.9 Å². The Bertz CT molecular complexity index is 1060. The van der Waals surface area contributed by atoms with E-state index in [1.807, 2.05) is 19.1 Å². The fourth-order valence-electron chi connectivity index (χ4n) is 2.60. The molecule has 3 aromatic rings. The Balaban J connectivity index is 2.12. The number of carbonyl (C=O) groups is 1. The maximum absolute atomic E-state index is 12.8. The van der Waals surface area contributed by atoms with Gasteiger partial charge in [0.05, 0.1) is 17.4 Å². The van der Waals surface area contributed by atoms with Crippen molar-refractivity contribution < 1.29 is 22.7 Å². The molecular weight excluding hydrogens is 365 g/mol. The van der Waals surface area contributed by atoms with Gasteiger partial charge in [-0.05, 0) is 36.8 Å². The van der Waals surface area contributed by atoms with Gasteiger partial charge in [0.1, 0.15) is 11.3 Å². The molecule has 8 heteroatoms. The van der Waals surface area contributed by atoms with E-state index in [1.54, 1.807) is 18.7 Å². The standard InChI is InChI=1S/C18H15F3N2O2S/c1-10-7-8-13(25-3)14-15(10)26-17(23(14)2)22-16(24)11-5-4-6-12(9-11)18(19,20)21/h4-9H,1-3H3. The molecule has 0 saturated heterocycles. The zero-order valence-corrected chi connectivity index (χ0v) is 15.0. The zero-order chi connectivity index (χ0) is 19.1. The number of amides is 1. The number of benzene rings is 2. The molecule has 0 radical (unpaired) electrons. The molecule has 2 aromatic carbocycles. The van der Waals surface area contributed by atoms with Gasteiger partial charge in [-0.15, -0.1) is 0 Å². The predicted octanol–water partition coefficient (Wildman–Crippen LogP) is 4.32. The van der Waals surface area contributed by atoms with Crippen molar-refractivity contribution in [1.82, 2.24) is 4.57 Å². The lowest BCUT2D eigenvalue weighted by Crippen LogP contribution is -2.14. The SMILES string of the molecule is COc1ccc(C)c2sc(=NC(=O)c3cccc(C(F)(F)F)c3)n(C)c12. The molecule has 4 nitrogen and oxygen atoms in total. The van der Waals surface area contributed by atoms with Crippen molar-refractivity contribution in [2.75, 3.05) is 7.11 Å². The van der Waals surface area contributed by atoms with E-state index < -0.39 is 17.6 Å². The van der Waals surface area contributed by atoms with Crippen LogP contribution in [0.5, 0.6) is 5.75 Å². The van der Waals surface area contributed by atoms with Crippen LogP contribution >= 0.6 is 11.3 Å². The number of rotatable bonds is 2. The molecule has 0 aliphatic carbocycles. The highest BCUT2D eigenvalue weighted by Crippen LogP contribution is 2.31. The van der Waals surface area contributed by atoms with Crippen LogP contribution in [0.25, 0.3) is 10.2 Å². The number of aryl methyl sites for hydroxylation is 2. The predicted molar refractivity (Wildman–Crippen MR) is 93.4 cm³/mol. The van der Waals surface area contributed by atoms with Crippen molar-refractivity contribution >= 4 is 27.5 Å². The maximum atomic E-state index is 12.8. The molecule has 0 bridgehead atoms. The Morgan fingerprint density at radius 3 is 2.62 bits per heavy atom. The van der Waals surface area contributed by atoms with Crippen molar-refractivity contribution in [2.45, 2.75) is 13.1 Å². The first kappa shape index (κ1) is 18.2. The lowest BCUT2D eigenvalue weighted by Gasteiger charge is -2.06. The molecule has 1 aromatic heterocycles. The minimum atomic E-state index is -4.51. The van der Waals surface area contributed by atoms with Crippen LogP contribution in [0.3, 0.4) is 0 Å². The first-order chi connectivity index (χ1) is 12.2. The van der Waals surface area contributed by atoms with E-state index in [-0.39, 0.29) is 5.56 Å². The van der Waals surface area contributed by atoms with Crippen LogP contribution in [0.2, 0.25) is 0 Å². The molecule has 26 heavy (non-hydrogen) atoms. The lowest BCUT2D eigenvalue weighted by atomic mass is 10.1. The Labute approximate surface area is 151 Å². The molecule has 0 aliphatic rings. The van der Waals surface area contributed by atoms with Gasteiger partial charge in [-0.1, -0.05) is 23.5 Å². The number of alkyl halides is 3. The number of nitrogens with zero attached hydrogens (tertiary/aromatic N) is 2. The largest absolute Gasteiger partial charge is 0.495 e. The summed E-state index contributed by atoms with van der Waals surface area (Å²) in [6, 6.07) is 7.97. The number of thiazole rings is 1. The first-order valence-electron chi connectivity index (χ1n) is 7.62. The quantitative estimate of drug-likeness (QED) is 0.665. The second-order valence-corrected chi connectivity index (χ2v) is 6.68. The number of halogens is 3. The van der Waals surface area contributed by atoms with Crippen molar-refractivity contribution in [2.24, 2.45) is 12.0 Å². The second-order valence-electron chi connectivity index (χ2n) is 5.70. The van der Waals surface area contributed by atoms with Gasteiger partial charge in [0.15, 0.2) is 4.80 Å². The number of hydrogen-bond acceptors (Lipinski definition) is 3. The van der Waals surface area contributed by atoms with Crippen LogP contribution < -0.4 is 9.54 Å². The van der Waals surface area contributed by atoms with E-state index in [2.05, 4.69) is 4.99 Å². The van der Waals surface area contributed by atoms with Crippen LogP contribution in [0.15, 0.2) is 41.4 Å². The average Bonchev–Trinajstić information content (AvgIpc) is 2.93. The number of carbonyl (C=O) groups excluding carboxylic acids is 1. The number of hydrogen-bond donors (Lipinski definition) is 0. The Kier molecular flexibility index (Phi) is 4.62. The summed E-state index contributed by atoms with van der Waals surface area (Å²) >= 11 is 1.29. The number of aromatic nitrogens is 1. The monoisotopic (exact) mass is 380 g/mol. The molecule has 3 rings (SSSR count). The molecule has 0 unspecified atom stereocenters. The molecule has 0 fully saturated rings. The van der Waals surface area contributed by atoms with Gasteiger partial charge in [-0.3, -0.25) is 4.79 Å². The van der Waals surface area contributed by atoms with Crippen LogP contribution in [-0.2, 0) is 13.2 Å². The number of ether oxygens (including phenoxy) is 1. The van der Waals surface area contributed by atoms with Crippen LogP contribution in [0.1, 0.15) is 21.5 Å². The summed E-state index contributed by atoms with van der Waals surface area (Å²) in [5.41, 5.74) is 0.792. The van der Waals surface area contributed by atoms with E-state index >= 15 is 0 Å².